The molecule has 1 aliphatic carbocycles. The van der Waals surface area contributed by atoms with E-state index in [1.54, 1.807) is 24.3 Å². The van der Waals surface area contributed by atoms with Crippen molar-refractivity contribution in [2.24, 2.45) is 5.92 Å². The molecule has 0 spiro atoms. The molecule has 0 N–H and O–H groups in total. The number of aldehydes is 1. The van der Waals surface area contributed by atoms with Gasteiger partial charge < -0.3 is 4.90 Å². The summed E-state index contributed by atoms with van der Waals surface area (Å²) >= 11 is 0. The lowest BCUT2D eigenvalue weighted by Gasteiger charge is -2.22. The molecule has 1 saturated carbocycles. The standard InChI is InChI=1S/C14H12F3NO2/c15-14(16,17)12(20)18-6-11-5-13(11,8-18)10-3-1-9(7-19)2-4-10/h1-4,7,11H,5-6,8H2/t11-,13?/m1/s1. The number of amides is 1. The summed E-state index contributed by atoms with van der Waals surface area (Å²) in [6.45, 7) is 0.268. The van der Waals surface area contributed by atoms with Crippen molar-refractivity contribution in [1.29, 1.82) is 0 Å². The lowest BCUT2D eigenvalue weighted by Crippen LogP contribution is -2.41. The van der Waals surface area contributed by atoms with Crippen LogP contribution in [0.1, 0.15) is 22.3 Å². The van der Waals surface area contributed by atoms with Gasteiger partial charge in [-0.25, -0.2) is 0 Å². The molecule has 0 radical (unpaired) electrons. The highest BCUT2D eigenvalue weighted by Gasteiger charge is 2.63. The van der Waals surface area contributed by atoms with Crippen LogP contribution in [0, 0.1) is 5.92 Å². The molecule has 3 nitrogen and oxygen atoms in total. The van der Waals surface area contributed by atoms with Crippen LogP contribution in [0.5, 0.6) is 0 Å². The zero-order valence-corrected chi connectivity index (χ0v) is 10.5. The van der Waals surface area contributed by atoms with Gasteiger partial charge in [-0.15, -0.1) is 0 Å². The minimum atomic E-state index is -4.81. The molecule has 1 heterocycles. The van der Waals surface area contributed by atoms with Gasteiger partial charge in [-0.05, 0) is 17.9 Å². The van der Waals surface area contributed by atoms with Gasteiger partial charge in [0, 0.05) is 24.1 Å². The van der Waals surface area contributed by atoms with Crippen LogP contribution >= 0.6 is 0 Å². The first-order valence-electron chi connectivity index (χ1n) is 6.29. The molecular weight excluding hydrogens is 271 g/mol. The summed E-state index contributed by atoms with van der Waals surface area (Å²) in [5, 5.41) is 0. The van der Waals surface area contributed by atoms with Gasteiger partial charge in [-0.3, -0.25) is 9.59 Å². The SMILES string of the molecule is O=Cc1ccc(C23C[C@@H]2CN(C(=O)C(F)(F)F)C3)cc1. The Balaban J connectivity index is 1.79. The van der Waals surface area contributed by atoms with Gasteiger partial charge in [0.25, 0.3) is 0 Å². The number of hydrogen-bond acceptors (Lipinski definition) is 2. The Labute approximate surface area is 113 Å². The third kappa shape index (κ3) is 1.90. The molecule has 106 valence electrons. The summed E-state index contributed by atoms with van der Waals surface area (Å²) in [6, 6.07) is 6.85. The summed E-state index contributed by atoms with van der Waals surface area (Å²) in [7, 11) is 0. The van der Waals surface area contributed by atoms with Crippen molar-refractivity contribution < 1.29 is 22.8 Å². The van der Waals surface area contributed by atoms with Crippen molar-refractivity contribution >= 4 is 12.2 Å². The lowest BCUT2D eigenvalue weighted by molar-refractivity contribution is -0.184. The molecule has 1 saturated heterocycles. The Morgan fingerprint density at radius 2 is 1.95 bits per heavy atom. The monoisotopic (exact) mass is 283 g/mol. The molecule has 2 fully saturated rings. The number of rotatable bonds is 2. The van der Waals surface area contributed by atoms with Gasteiger partial charge in [-0.1, -0.05) is 24.3 Å². The summed E-state index contributed by atoms with van der Waals surface area (Å²) in [5.74, 6) is -1.66. The van der Waals surface area contributed by atoms with Crippen molar-refractivity contribution in [1.82, 2.24) is 4.90 Å². The molecule has 1 aromatic carbocycles. The largest absolute Gasteiger partial charge is 0.471 e. The summed E-state index contributed by atoms with van der Waals surface area (Å²) < 4.78 is 37.3. The van der Waals surface area contributed by atoms with Gasteiger partial charge in [0.2, 0.25) is 0 Å². The maximum atomic E-state index is 12.4. The molecule has 1 amide bonds. The van der Waals surface area contributed by atoms with E-state index in [9.17, 15) is 22.8 Å². The fourth-order valence-corrected chi connectivity index (χ4v) is 3.16. The predicted octanol–water partition coefficient (Wildman–Crippen LogP) is 2.16. The van der Waals surface area contributed by atoms with E-state index in [4.69, 9.17) is 0 Å². The van der Waals surface area contributed by atoms with Crippen molar-refractivity contribution in [3.8, 4) is 0 Å². The number of carbonyl (C=O) groups is 2. The van der Waals surface area contributed by atoms with Crippen LogP contribution in [0.25, 0.3) is 0 Å². The van der Waals surface area contributed by atoms with Gasteiger partial charge in [0.15, 0.2) is 0 Å². The molecule has 3 rings (SSSR count). The number of carbonyl (C=O) groups excluding carboxylic acids is 2. The number of benzene rings is 1. The first-order valence-corrected chi connectivity index (χ1v) is 6.29. The van der Waals surface area contributed by atoms with Crippen molar-refractivity contribution in [3.63, 3.8) is 0 Å². The molecule has 0 bridgehead atoms. The number of hydrogen-bond donors (Lipinski definition) is 0. The van der Waals surface area contributed by atoms with Gasteiger partial charge in [0.05, 0.1) is 0 Å². The van der Waals surface area contributed by atoms with E-state index >= 15 is 0 Å². The number of fused-ring (bicyclic) bond motifs is 1. The number of piperidine rings is 1. The third-order valence-corrected chi connectivity index (χ3v) is 4.30. The highest BCUT2D eigenvalue weighted by Crippen LogP contribution is 2.59. The average molecular weight is 283 g/mol. The van der Waals surface area contributed by atoms with E-state index in [1.165, 1.54) is 0 Å². The van der Waals surface area contributed by atoms with Crippen LogP contribution in [0.4, 0.5) is 13.2 Å². The molecule has 1 unspecified atom stereocenters. The Kier molecular flexibility index (Phi) is 2.68. The van der Waals surface area contributed by atoms with Crippen LogP contribution in [0.3, 0.4) is 0 Å². The van der Waals surface area contributed by atoms with Gasteiger partial charge >= 0.3 is 12.1 Å². The normalized spacial score (nSPS) is 28.1. The van der Waals surface area contributed by atoms with Crippen LogP contribution in [0.15, 0.2) is 24.3 Å². The Hall–Kier alpha value is -1.85. The van der Waals surface area contributed by atoms with Crippen LogP contribution in [-0.4, -0.2) is 36.4 Å². The maximum absolute atomic E-state index is 12.4. The number of alkyl halides is 3. The fourth-order valence-electron chi connectivity index (χ4n) is 3.16. The minimum Gasteiger partial charge on any atom is -0.334 e. The number of halogens is 3. The Morgan fingerprint density at radius 3 is 2.50 bits per heavy atom. The zero-order chi connectivity index (χ0) is 14.5. The molecular formula is C14H12F3NO2. The first kappa shape index (κ1) is 13.1. The Bertz CT molecular complexity index is 567. The summed E-state index contributed by atoms with van der Waals surface area (Å²) in [4.78, 5) is 22.8. The van der Waals surface area contributed by atoms with E-state index in [1.807, 2.05) is 0 Å². The average Bonchev–Trinajstić information content (AvgIpc) is 2.99. The Morgan fingerprint density at radius 1 is 1.30 bits per heavy atom. The minimum absolute atomic E-state index is 0.0934. The molecule has 1 aliphatic heterocycles. The fraction of sp³-hybridized carbons (Fsp3) is 0.429. The lowest BCUT2D eigenvalue weighted by atomic mass is 9.94. The van der Waals surface area contributed by atoms with E-state index < -0.39 is 12.1 Å². The molecule has 0 aromatic heterocycles. The zero-order valence-electron chi connectivity index (χ0n) is 10.5. The second-order valence-corrected chi connectivity index (χ2v) is 5.48. The van der Waals surface area contributed by atoms with Crippen LogP contribution < -0.4 is 0 Å². The highest BCUT2D eigenvalue weighted by atomic mass is 19.4. The first-order chi connectivity index (χ1) is 9.37. The summed E-state index contributed by atoms with van der Waals surface area (Å²) in [5.41, 5.74) is 1.09. The maximum Gasteiger partial charge on any atom is 0.471 e. The predicted molar refractivity (Wildman–Crippen MR) is 64.2 cm³/mol. The molecule has 2 atom stereocenters. The molecule has 2 aliphatic rings. The van der Waals surface area contributed by atoms with E-state index in [2.05, 4.69) is 0 Å². The van der Waals surface area contributed by atoms with Gasteiger partial charge in [0.1, 0.15) is 6.29 Å². The quantitative estimate of drug-likeness (QED) is 0.780. The topological polar surface area (TPSA) is 37.4 Å². The number of likely N-dealkylation sites (tertiary alicyclic amines) is 1. The molecule has 6 heteroatoms. The second-order valence-electron chi connectivity index (χ2n) is 5.48. The van der Waals surface area contributed by atoms with Gasteiger partial charge in [-0.2, -0.15) is 13.2 Å². The smallest absolute Gasteiger partial charge is 0.334 e. The highest BCUT2D eigenvalue weighted by molar-refractivity contribution is 5.82. The van der Waals surface area contributed by atoms with Crippen molar-refractivity contribution in [2.75, 3.05) is 13.1 Å². The second kappa shape index (κ2) is 4.07. The number of nitrogens with zero attached hydrogens (tertiary/aromatic N) is 1. The van der Waals surface area contributed by atoms with E-state index in [-0.39, 0.29) is 24.4 Å². The third-order valence-electron chi connectivity index (χ3n) is 4.30. The van der Waals surface area contributed by atoms with E-state index in [0.29, 0.717) is 5.56 Å². The van der Waals surface area contributed by atoms with Crippen molar-refractivity contribution in [2.45, 2.75) is 18.0 Å². The molecule has 1 aromatic rings. The van der Waals surface area contributed by atoms with E-state index in [0.717, 1.165) is 23.2 Å². The molecule has 20 heavy (non-hydrogen) atoms. The van der Waals surface area contributed by atoms with Crippen molar-refractivity contribution in [3.05, 3.63) is 35.4 Å². The van der Waals surface area contributed by atoms with Crippen LogP contribution in [0.2, 0.25) is 0 Å². The van der Waals surface area contributed by atoms with Crippen LogP contribution in [-0.2, 0) is 10.2 Å². The summed E-state index contributed by atoms with van der Waals surface area (Å²) in [6.07, 6.45) is -3.28.